The molecule has 1 fully saturated rings. The molecule has 0 radical (unpaired) electrons. The van der Waals surface area contributed by atoms with Crippen molar-refractivity contribution in [2.24, 2.45) is 7.05 Å². The van der Waals surface area contributed by atoms with Crippen LogP contribution in [-0.2, 0) is 27.9 Å². The SMILES string of the molecule is CCOC(=O)c1cnn(C)c1NC(=O)CN1CCCC1C(=O)NCc1ccco1. The predicted molar refractivity (Wildman–Crippen MR) is 103 cm³/mol. The normalized spacial score (nSPS) is 16.6. The second-order valence-electron chi connectivity index (χ2n) is 6.72. The number of hydrogen-bond acceptors (Lipinski definition) is 7. The number of aromatic nitrogens is 2. The maximum atomic E-state index is 12.6. The summed E-state index contributed by atoms with van der Waals surface area (Å²) in [5.74, 6) is -0.0774. The Bertz CT molecular complexity index is 860. The van der Waals surface area contributed by atoms with E-state index in [2.05, 4.69) is 15.7 Å². The molecular weight excluding hydrogens is 378 g/mol. The quantitative estimate of drug-likeness (QED) is 0.629. The average Bonchev–Trinajstić information content (AvgIpc) is 3.43. The number of esters is 1. The summed E-state index contributed by atoms with van der Waals surface area (Å²) in [6.45, 7) is 2.91. The molecule has 29 heavy (non-hydrogen) atoms. The van der Waals surface area contributed by atoms with Crippen molar-refractivity contribution in [2.45, 2.75) is 32.4 Å². The number of amides is 2. The zero-order chi connectivity index (χ0) is 20.8. The van der Waals surface area contributed by atoms with Gasteiger partial charge >= 0.3 is 5.97 Å². The Morgan fingerprint density at radius 3 is 2.93 bits per heavy atom. The molecular formula is C19H25N5O5. The molecule has 156 valence electrons. The first-order valence-electron chi connectivity index (χ1n) is 9.52. The summed E-state index contributed by atoms with van der Waals surface area (Å²) in [4.78, 5) is 38.9. The molecule has 2 amide bonds. The number of carbonyl (C=O) groups is 3. The number of aryl methyl sites for hydroxylation is 1. The lowest BCUT2D eigenvalue weighted by Gasteiger charge is -2.23. The van der Waals surface area contributed by atoms with Gasteiger partial charge in [0.1, 0.15) is 17.1 Å². The van der Waals surface area contributed by atoms with E-state index in [0.717, 1.165) is 6.42 Å². The topological polar surface area (TPSA) is 119 Å². The van der Waals surface area contributed by atoms with Gasteiger partial charge in [-0.3, -0.25) is 19.2 Å². The van der Waals surface area contributed by atoms with E-state index in [9.17, 15) is 14.4 Å². The van der Waals surface area contributed by atoms with Crippen LogP contribution >= 0.6 is 0 Å². The van der Waals surface area contributed by atoms with Crippen LogP contribution in [0.2, 0.25) is 0 Å². The molecule has 10 heteroatoms. The highest BCUT2D eigenvalue weighted by Crippen LogP contribution is 2.19. The van der Waals surface area contributed by atoms with Crippen LogP contribution in [0.5, 0.6) is 0 Å². The predicted octanol–water partition coefficient (Wildman–Crippen LogP) is 0.909. The molecule has 10 nitrogen and oxygen atoms in total. The first kappa shape index (κ1) is 20.6. The van der Waals surface area contributed by atoms with Gasteiger partial charge in [0.25, 0.3) is 0 Å². The van der Waals surface area contributed by atoms with Crippen molar-refractivity contribution < 1.29 is 23.5 Å². The molecule has 0 bridgehead atoms. The van der Waals surface area contributed by atoms with Crippen molar-refractivity contribution in [3.05, 3.63) is 35.9 Å². The number of hydrogen-bond donors (Lipinski definition) is 2. The minimum Gasteiger partial charge on any atom is -0.467 e. The highest BCUT2D eigenvalue weighted by Gasteiger charge is 2.32. The molecule has 2 aromatic rings. The molecule has 1 atom stereocenters. The standard InChI is InChI=1S/C19H25N5O5/c1-3-28-19(27)14-11-21-23(2)17(14)22-16(25)12-24-8-4-7-15(24)18(26)20-10-13-6-5-9-29-13/h5-6,9,11,15H,3-4,7-8,10,12H2,1-2H3,(H,20,26)(H,22,25). The fourth-order valence-electron chi connectivity index (χ4n) is 3.32. The third kappa shape index (κ3) is 5.02. The Morgan fingerprint density at radius 1 is 1.38 bits per heavy atom. The Hall–Kier alpha value is -3.14. The molecule has 1 unspecified atom stereocenters. The molecule has 1 saturated heterocycles. The van der Waals surface area contributed by atoms with Crippen LogP contribution in [0.3, 0.4) is 0 Å². The minimum atomic E-state index is -0.549. The van der Waals surface area contributed by atoms with Gasteiger partial charge in [-0.15, -0.1) is 0 Å². The lowest BCUT2D eigenvalue weighted by Crippen LogP contribution is -2.45. The Balaban J connectivity index is 1.58. The molecule has 1 aliphatic rings. The van der Waals surface area contributed by atoms with Crippen LogP contribution in [0.15, 0.2) is 29.0 Å². The van der Waals surface area contributed by atoms with Crippen molar-refractivity contribution in [1.29, 1.82) is 0 Å². The number of anilines is 1. The maximum absolute atomic E-state index is 12.6. The van der Waals surface area contributed by atoms with Crippen molar-refractivity contribution in [1.82, 2.24) is 20.0 Å². The van der Waals surface area contributed by atoms with E-state index >= 15 is 0 Å². The average molecular weight is 403 g/mol. The van der Waals surface area contributed by atoms with Crippen LogP contribution < -0.4 is 10.6 Å². The summed E-state index contributed by atoms with van der Waals surface area (Å²) in [5.41, 5.74) is 0.192. The number of furan rings is 1. The number of ether oxygens (including phenoxy) is 1. The molecule has 3 rings (SSSR count). The molecule has 0 spiro atoms. The van der Waals surface area contributed by atoms with Gasteiger partial charge in [-0.05, 0) is 38.4 Å². The smallest absolute Gasteiger partial charge is 0.343 e. The summed E-state index contributed by atoms with van der Waals surface area (Å²) in [6, 6.07) is 3.16. The van der Waals surface area contributed by atoms with Gasteiger partial charge in [-0.25, -0.2) is 4.79 Å². The van der Waals surface area contributed by atoms with E-state index in [-0.39, 0.29) is 42.4 Å². The molecule has 0 aromatic carbocycles. The molecule has 2 aromatic heterocycles. The number of rotatable bonds is 8. The van der Waals surface area contributed by atoms with E-state index in [4.69, 9.17) is 9.15 Å². The van der Waals surface area contributed by atoms with Gasteiger partial charge in [0.05, 0.1) is 38.2 Å². The van der Waals surface area contributed by atoms with Crippen LogP contribution in [0.1, 0.15) is 35.9 Å². The summed E-state index contributed by atoms with van der Waals surface area (Å²) < 4.78 is 11.6. The van der Waals surface area contributed by atoms with Gasteiger partial charge in [-0.2, -0.15) is 5.10 Å². The minimum absolute atomic E-state index is 0.0340. The molecule has 3 heterocycles. The van der Waals surface area contributed by atoms with Gasteiger partial charge in [-0.1, -0.05) is 0 Å². The van der Waals surface area contributed by atoms with Crippen LogP contribution in [-0.4, -0.2) is 58.2 Å². The van der Waals surface area contributed by atoms with Gasteiger partial charge < -0.3 is 19.8 Å². The first-order chi connectivity index (χ1) is 14.0. The third-order valence-electron chi connectivity index (χ3n) is 4.72. The second-order valence-corrected chi connectivity index (χ2v) is 6.72. The van der Waals surface area contributed by atoms with E-state index < -0.39 is 5.97 Å². The molecule has 0 aliphatic carbocycles. The van der Waals surface area contributed by atoms with Gasteiger partial charge in [0, 0.05) is 7.05 Å². The van der Waals surface area contributed by atoms with Gasteiger partial charge in [0.15, 0.2) is 0 Å². The summed E-state index contributed by atoms with van der Waals surface area (Å²) in [7, 11) is 1.62. The van der Waals surface area contributed by atoms with Crippen LogP contribution in [0, 0.1) is 0 Å². The van der Waals surface area contributed by atoms with Crippen LogP contribution in [0.4, 0.5) is 5.82 Å². The Kier molecular flexibility index (Phi) is 6.65. The maximum Gasteiger partial charge on any atom is 0.343 e. The number of nitrogens with zero attached hydrogens (tertiary/aromatic N) is 3. The number of nitrogens with one attached hydrogen (secondary N) is 2. The zero-order valence-corrected chi connectivity index (χ0v) is 16.5. The Labute approximate surface area is 168 Å². The fraction of sp³-hybridized carbons (Fsp3) is 0.474. The molecule has 0 saturated carbocycles. The zero-order valence-electron chi connectivity index (χ0n) is 16.5. The summed E-state index contributed by atoms with van der Waals surface area (Å²) >= 11 is 0. The fourth-order valence-corrected chi connectivity index (χ4v) is 3.32. The second kappa shape index (κ2) is 9.37. The van der Waals surface area contributed by atoms with Crippen molar-refractivity contribution in [3.8, 4) is 0 Å². The van der Waals surface area contributed by atoms with E-state index in [1.165, 1.54) is 10.9 Å². The van der Waals surface area contributed by atoms with Gasteiger partial charge in [0.2, 0.25) is 11.8 Å². The highest BCUT2D eigenvalue weighted by atomic mass is 16.5. The summed E-state index contributed by atoms with van der Waals surface area (Å²) in [5, 5.41) is 9.56. The third-order valence-corrected chi connectivity index (χ3v) is 4.72. The van der Waals surface area contributed by atoms with E-state index in [0.29, 0.717) is 25.3 Å². The Morgan fingerprint density at radius 2 is 2.21 bits per heavy atom. The molecule has 2 N–H and O–H groups in total. The van der Waals surface area contributed by atoms with E-state index in [1.54, 1.807) is 32.4 Å². The highest BCUT2D eigenvalue weighted by molar-refractivity contribution is 6.00. The first-order valence-corrected chi connectivity index (χ1v) is 9.52. The largest absolute Gasteiger partial charge is 0.467 e. The van der Waals surface area contributed by atoms with Crippen molar-refractivity contribution in [2.75, 3.05) is 25.0 Å². The van der Waals surface area contributed by atoms with Crippen LogP contribution in [0.25, 0.3) is 0 Å². The van der Waals surface area contributed by atoms with Crippen molar-refractivity contribution in [3.63, 3.8) is 0 Å². The number of carbonyl (C=O) groups excluding carboxylic acids is 3. The summed E-state index contributed by atoms with van der Waals surface area (Å²) in [6.07, 6.45) is 4.41. The van der Waals surface area contributed by atoms with Crippen molar-refractivity contribution >= 4 is 23.6 Å². The number of likely N-dealkylation sites (tertiary alicyclic amines) is 1. The monoisotopic (exact) mass is 403 g/mol. The molecule has 1 aliphatic heterocycles. The van der Waals surface area contributed by atoms with E-state index in [1.807, 2.05) is 4.90 Å². The lowest BCUT2D eigenvalue weighted by atomic mass is 10.2. The lowest BCUT2D eigenvalue weighted by molar-refractivity contribution is -0.126.